The first-order chi connectivity index (χ1) is 14.2. The van der Waals surface area contributed by atoms with E-state index >= 15 is 0 Å². The van der Waals surface area contributed by atoms with E-state index in [4.69, 9.17) is 19.0 Å². The molecule has 0 N–H and O–H groups in total. The van der Waals surface area contributed by atoms with Crippen LogP contribution in [0.25, 0.3) is 0 Å². The summed E-state index contributed by atoms with van der Waals surface area (Å²) >= 11 is 0. The van der Waals surface area contributed by atoms with E-state index in [1.807, 2.05) is 68.4 Å². The van der Waals surface area contributed by atoms with E-state index in [0.717, 1.165) is 22.6 Å². The minimum atomic E-state index is -0.604. The molecule has 6 heteroatoms. The first kappa shape index (κ1) is 22.4. The highest BCUT2D eigenvalue weighted by Crippen LogP contribution is 2.15. The van der Waals surface area contributed by atoms with Crippen molar-refractivity contribution in [1.29, 1.82) is 0 Å². The summed E-state index contributed by atoms with van der Waals surface area (Å²) in [6, 6.07) is 17.7. The third-order valence-corrected chi connectivity index (χ3v) is 4.16. The molecule has 0 fully saturated rings. The zero-order chi connectivity index (χ0) is 20.9. The van der Waals surface area contributed by atoms with Gasteiger partial charge >= 0.3 is 5.97 Å². The van der Waals surface area contributed by atoms with Crippen molar-refractivity contribution in [3.8, 4) is 5.75 Å². The Labute approximate surface area is 172 Å². The maximum Gasteiger partial charge on any atom is 0.335 e. The van der Waals surface area contributed by atoms with E-state index in [-0.39, 0.29) is 5.97 Å². The lowest BCUT2D eigenvalue weighted by atomic mass is 10.1. The van der Waals surface area contributed by atoms with Crippen LogP contribution < -0.4 is 4.74 Å². The lowest BCUT2D eigenvalue weighted by molar-refractivity contribution is -0.153. The number of hydrogen-bond acceptors (Lipinski definition) is 6. The molecule has 0 bridgehead atoms. The normalized spacial score (nSPS) is 12.3. The zero-order valence-electron chi connectivity index (χ0n) is 17.3. The summed E-state index contributed by atoms with van der Waals surface area (Å²) < 4.78 is 16.1. The van der Waals surface area contributed by atoms with Crippen molar-refractivity contribution in [2.24, 2.45) is 5.16 Å². The fraction of sp³-hybridized carbons (Fsp3) is 0.391. The fourth-order valence-corrected chi connectivity index (χ4v) is 2.74. The Morgan fingerprint density at radius 1 is 0.966 bits per heavy atom. The van der Waals surface area contributed by atoms with Crippen molar-refractivity contribution in [2.45, 2.75) is 32.8 Å². The molecule has 0 aliphatic rings. The van der Waals surface area contributed by atoms with Gasteiger partial charge < -0.3 is 19.0 Å². The SMILES string of the molecule is CCON=C(COc1ccc(CC(OCC)C(=O)OC)cc1)Cc1ccccc1. The molecule has 1 atom stereocenters. The van der Waals surface area contributed by atoms with Gasteiger partial charge in [-0.25, -0.2) is 4.79 Å². The topological polar surface area (TPSA) is 66.3 Å². The van der Waals surface area contributed by atoms with Gasteiger partial charge in [0, 0.05) is 19.4 Å². The number of hydrogen-bond donors (Lipinski definition) is 0. The Morgan fingerprint density at radius 2 is 1.69 bits per heavy atom. The van der Waals surface area contributed by atoms with E-state index in [1.165, 1.54) is 7.11 Å². The Hall–Kier alpha value is -2.86. The number of carbonyl (C=O) groups is 1. The first-order valence-electron chi connectivity index (χ1n) is 9.79. The zero-order valence-corrected chi connectivity index (χ0v) is 17.3. The molecule has 0 aromatic heterocycles. The summed E-state index contributed by atoms with van der Waals surface area (Å²) in [5.41, 5.74) is 2.92. The lowest BCUT2D eigenvalue weighted by Crippen LogP contribution is -2.28. The maximum absolute atomic E-state index is 11.8. The van der Waals surface area contributed by atoms with Crippen LogP contribution in [0.15, 0.2) is 59.8 Å². The second kappa shape index (κ2) is 12.6. The molecule has 0 aliphatic heterocycles. The smallest absolute Gasteiger partial charge is 0.335 e. The number of benzene rings is 2. The van der Waals surface area contributed by atoms with Crippen LogP contribution in [0, 0.1) is 0 Å². The molecule has 156 valence electrons. The molecular weight excluding hydrogens is 370 g/mol. The van der Waals surface area contributed by atoms with E-state index < -0.39 is 6.10 Å². The monoisotopic (exact) mass is 399 g/mol. The average Bonchev–Trinajstić information content (AvgIpc) is 2.76. The number of carbonyl (C=O) groups excluding carboxylic acids is 1. The van der Waals surface area contributed by atoms with Crippen molar-refractivity contribution < 1.29 is 23.8 Å². The average molecular weight is 399 g/mol. The van der Waals surface area contributed by atoms with Crippen LogP contribution in [0.1, 0.15) is 25.0 Å². The molecule has 6 nitrogen and oxygen atoms in total. The summed E-state index contributed by atoms with van der Waals surface area (Å²) in [6.45, 7) is 5.03. The summed E-state index contributed by atoms with van der Waals surface area (Å²) in [4.78, 5) is 17.0. The van der Waals surface area contributed by atoms with E-state index in [0.29, 0.717) is 32.7 Å². The summed E-state index contributed by atoms with van der Waals surface area (Å²) in [7, 11) is 1.36. The molecule has 2 rings (SSSR count). The van der Waals surface area contributed by atoms with Crippen LogP contribution >= 0.6 is 0 Å². The van der Waals surface area contributed by atoms with Gasteiger partial charge in [-0.1, -0.05) is 47.6 Å². The molecular formula is C23H29NO5. The van der Waals surface area contributed by atoms with Gasteiger partial charge in [0.15, 0.2) is 6.10 Å². The number of oxime groups is 1. The summed E-state index contributed by atoms with van der Waals surface area (Å²) in [5.74, 6) is 0.349. The second-order valence-corrected chi connectivity index (χ2v) is 6.34. The highest BCUT2D eigenvalue weighted by molar-refractivity contribution is 5.87. The highest BCUT2D eigenvalue weighted by atomic mass is 16.6. The Bertz CT molecular complexity index is 759. The standard InChI is InChI=1S/C23H29NO5/c1-4-27-22(23(25)26-3)16-19-11-13-21(14-12-19)28-17-20(24-29-5-2)15-18-9-7-6-8-10-18/h6-14,22H,4-5,15-17H2,1-3H3. The molecule has 1 unspecified atom stereocenters. The Morgan fingerprint density at radius 3 is 2.31 bits per heavy atom. The molecule has 0 saturated carbocycles. The molecule has 0 radical (unpaired) electrons. The van der Waals surface area contributed by atoms with E-state index in [2.05, 4.69) is 5.16 Å². The summed E-state index contributed by atoms with van der Waals surface area (Å²) in [6.07, 6.45) is 0.507. The van der Waals surface area contributed by atoms with Crippen LogP contribution in [-0.2, 0) is 31.9 Å². The van der Waals surface area contributed by atoms with Gasteiger partial charge in [0.25, 0.3) is 0 Å². The molecule has 0 aliphatic carbocycles. The van der Waals surface area contributed by atoms with Crippen molar-refractivity contribution >= 4 is 11.7 Å². The second-order valence-electron chi connectivity index (χ2n) is 6.34. The molecule has 0 amide bonds. The van der Waals surface area contributed by atoms with E-state index in [9.17, 15) is 4.79 Å². The molecule has 0 saturated heterocycles. The van der Waals surface area contributed by atoms with Crippen molar-refractivity contribution in [3.63, 3.8) is 0 Å². The number of rotatable bonds is 12. The number of methoxy groups -OCH3 is 1. The van der Waals surface area contributed by atoms with Crippen LogP contribution in [0.5, 0.6) is 5.75 Å². The minimum absolute atomic E-state index is 0.331. The quantitative estimate of drug-likeness (QED) is 0.308. The third kappa shape index (κ3) is 7.95. The van der Waals surface area contributed by atoms with Crippen molar-refractivity contribution in [2.75, 3.05) is 26.9 Å². The lowest BCUT2D eigenvalue weighted by Gasteiger charge is -2.15. The van der Waals surface area contributed by atoms with Gasteiger partial charge in [0.05, 0.1) is 12.8 Å². The Kier molecular flexibility index (Phi) is 9.72. The largest absolute Gasteiger partial charge is 0.488 e. The molecule has 2 aromatic carbocycles. The molecule has 2 aromatic rings. The molecule has 0 heterocycles. The van der Waals surface area contributed by atoms with Crippen LogP contribution in [0.3, 0.4) is 0 Å². The predicted octanol–water partition coefficient (Wildman–Crippen LogP) is 3.82. The van der Waals surface area contributed by atoms with Crippen LogP contribution in [0.2, 0.25) is 0 Å². The predicted molar refractivity (Wildman–Crippen MR) is 112 cm³/mol. The van der Waals surface area contributed by atoms with Gasteiger partial charge in [-0.05, 0) is 37.1 Å². The number of nitrogens with zero attached hydrogens (tertiary/aromatic N) is 1. The van der Waals surface area contributed by atoms with Crippen molar-refractivity contribution in [1.82, 2.24) is 0 Å². The van der Waals surface area contributed by atoms with Gasteiger partial charge in [-0.2, -0.15) is 0 Å². The summed E-state index contributed by atoms with van der Waals surface area (Å²) in [5, 5.41) is 4.18. The van der Waals surface area contributed by atoms with Gasteiger partial charge in [0.2, 0.25) is 0 Å². The minimum Gasteiger partial charge on any atom is -0.488 e. The first-order valence-corrected chi connectivity index (χ1v) is 9.79. The van der Waals surface area contributed by atoms with E-state index in [1.54, 1.807) is 0 Å². The highest BCUT2D eigenvalue weighted by Gasteiger charge is 2.19. The fourth-order valence-electron chi connectivity index (χ4n) is 2.74. The number of esters is 1. The number of ether oxygens (including phenoxy) is 3. The third-order valence-electron chi connectivity index (χ3n) is 4.16. The van der Waals surface area contributed by atoms with Crippen LogP contribution in [0.4, 0.5) is 0 Å². The Balaban J connectivity index is 1.95. The van der Waals surface area contributed by atoms with Gasteiger partial charge in [-0.3, -0.25) is 0 Å². The maximum atomic E-state index is 11.8. The molecule has 29 heavy (non-hydrogen) atoms. The van der Waals surface area contributed by atoms with Crippen LogP contribution in [-0.4, -0.2) is 44.7 Å². The van der Waals surface area contributed by atoms with Crippen molar-refractivity contribution in [3.05, 3.63) is 65.7 Å². The molecule has 0 spiro atoms. The van der Waals surface area contributed by atoms with Gasteiger partial charge in [0.1, 0.15) is 19.0 Å². The van der Waals surface area contributed by atoms with Gasteiger partial charge in [-0.15, -0.1) is 0 Å².